The highest BCUT2D eigenvalue weighted by Crippen LogP contribution is 1.95. The molecule has 0 saturated heterocycles. The van der Waals surface area contributed by atoms with E-state index in [1.165, 1.54) is 7.11 Å². The van der Waals surface area contributed by atoms with Crippen LogP contribution in [0.5, 0.6) is 0 Å². The second-order valence-electron chi connectivity index (χ2n) is 2.50. The molecule has 1 aromatic heterocycles. The highest BCUT2D eigenvalue weighted by atomic mass is 16.5. The van der Waals surface area contributed by atoms with E-state index in [0.717, 1.165) is 6.42 Å². The van der Waals surface area contributed by atoms with E-state index < -0.39 is 5.97 Å². The number of ether oxygens (including phenoxy) is 1. The minimum atomic E-state index is -0.473. The van der Waals surface area contributed by atoms with Crippen LogP contribution in [-0.4, -0.2) is 34.6 Å². The Labute approximate surface area is 75.7 Å². The molecular weight excluding hydrogens is 172 g/mol. The van der Waals surface area contributed by atoms with Gasteiger partial charge in [0.2, 0.25) is 0 Å². The third-order valence-corrected chi connectivity index (χ3v) is 1.52. The van der Waals surface area contributed by atoms with Crippen LogP contribution in [0.15, 0.2) is 6.20 Å². The molecule has 1 rings (SSSR count). The van der Waals surface area contributed by atoms with Crippen molar-refractivity contribution in [3.63, 3.8) is 0 Å². The monoisotopic (exact) mass is 184 g/mol. The molecule has 0 amide bonds. The zero-order chi connectivity index (χ0) is 9.68. The number of esters is 1. The Balaban J connectivity index is 2.58. The molecule has 0 aliphatic rings. The first-order valence-electron chi connectivity index (χ1n) is 3.96. The summed E-state index contributed by atoms with van der Waals surface area (Å²) in [5, 5.41) is 7.37. The Kier molecular flexibility index (Phi) is 3.39. The largest absolute Gasteiger partial charge is 0.464 e. The van der Waals surface area contributed by atoms with Crippen LogP contribution in [-0.2, 0) is 11.3 Å². The summed E-state index contributed by atoms with van der Waals surface area (Å²) in [5.41, 5.74) is 5.54. The number of nitrogens with zero attached hydrogens (tertiary/aromatic N) is 3. The van der Waals surface area contributed by atoms with E-state index in [9.17, 15) is 4.79 Å². The van der Waals surface area contributed by atoms with Crippen molar-refractivity contribution in [3.8, 4) is 0 Å². The van der Waals surface area contributed by atoms with Crippen LogP contribution < -0.4 is 5.73 Å². The standard InChI is InChI=1S/C7H12N4O2/c1-13-7(12)6-5-11(10-9-6)4-2-3-8/h5H,2-4,8H2,1H3. The highest BCUT2D eigenvalue weighted by Gasteiger charge is 2.09. The number of methoxy groups -OCH3 is 1. The second-order valence-corrected chi connectivity index (χ2v) is 2.50. The van der Waals surface area contributed by atoms with Crippen LogP contribution in [0, 0.1) is 0 Å². The summed E-state index contributed by atoms with van der Waals surface area (Å²) >= 11 is 0. The van der Waals surface area contributed by atoms with Crippen LogP contribution in [0.4, 0.5) is 0 Å². The topological polar surface area (TPSA) is 83.0 Å². The van der Waals surface area contributed by atoms with Crippen molar-refractivity contribution in [1.82, 2.24) is 15.0 Å². The first kappa shape index (κ1) is 9.66. The van der Waals surface area contributed by atoms with E-state index in [1.807, 2.05) is 0 Å². The summed E-state index contributed by atoms with van der Waals surface area (Å²) in [6.45, 7) is 1.26. The van der Waals surface area contributed by atoms with E-state index in [-0.39, 0.29) is 5.69 Å². The maximum atomic E-state index is 10.9. The van der Waals surface area contributed by atoms with Gasteiger partial charge in [0, 0.05) is 6.54 Å². The lowest BCUT2D eigenvalue weighted by Gasteiger charge is -1.95. The van der Waals surface area contributed by atoms with Crippen molar-refractivity contribution in [3.05, 3.63) is 11.9 Å². The lowest BCUT2D eigenvalue weighted by atomic mass is 10.4. The molecule has 0 atom stereocenters. The van der Waals surface area contributed by atoms with Crippen molar-refractivity contribution >= 4 is 5.97 Å². The third kappa shape index (κ3) is 2.51. The summed E-state index contributed by atoms with van der Waals surface area (Å²) in [4.78, 5) is 10.9. The Hall–Kier alpha value is -1.43. The van der Waals surface area contributed by atoms with Crippen LogP contribution in [0.2, 0.25) is 0 Å². The Morgan fingerprint density at radius 1 is 1.77 bits per heavy atom. The van der Waals surface area contributed by atoms with Gasteiger partial charge in [-0.05, 0) is 13.0 Å². The normalized spacial score (nSPS) is 10.0. The van der Waals surface area contributed by atoms with E-state index in [0.29, 0.717) is 13.1 Å². The van der Waals surface area contributed by atoms with Gasteiger partial charge in [-0.25, -0.2) is 4.79 Å². The number of aryl methyl sites for hydroxylation is 1. The summed E-state index contributed by atoms with van der Waals surface area (Å²) in [5.74, 6) is -0.473. The number of aromatic nitrogens is 3. The Morgan fingerprint density at radius 2 is 2.54 bits per heavy atom. The first-order chi connectivity index (χ1) is 6.27. The fourth-order valence-corrected chi connectivity index (χ4v) is 0.859. The van der Waals surface area contributed by atoms with E-state index >= 15 is 0 Å². The molecule has 0 saturated carbocycles. The van der Waals surface area contributed by atoms with Crippen molar-refractivity contribution in [2.24, 2.45) is 5.73 Å². The molecule has 13 heavy (non-hydrogen) atoms. The van der Waals surface area contributed by atoms with Gasteiger partial charge >= 0.3 is 5.97 Å². The van der Waals surface area contributed by atoms with Gasteiger partial charge in [-0.15, -0.1) is 5.10 Å². The van der Waals surface area contributed by atoms with E-state index in [4.69, 9.17) is 5.73 Å². The molecule has 0 aliphatic carbocycles. The number of carbonyl (C=O) groups is 1. The van der Waals surface area contributed by atoms with Crippen molar-refractivity contribution in [2.45, 2.75) is 13.0 Å². The zero-order valence-corrected chi connectivity index (χ0v) is 7.43. The summed E-state index contributed by atoms with van der Waals surface area (Å²) in [7, 11) is 1.31. The molecule has 0 bridgehead atoms. The van der Waals surface area contributed by atoms with Crippen LogP contribution in [0.25, 0.3) is 0 Å². The molecule has 1 aromatic rings. The third-order valence-electron chi connectivity index (χ3n) is 1.52. The molecule has 0 spiro atoms. The first-order valence-corrected chi connectivity index (χ1v) is 3.96. The van der Waals surface area contributed by atoms with Gasteiger partial charge in [0.25, 0.3) is 0 Å². The molecule has 0 radical (unpaired) electrons. The van der Waals surface area contributed by atoms with Gasteiger partial charge in [0.15, 0.2) is 5.69 Å². The summed E-state index contributed by atoms with van der Waals surface area (Å²) < 4.78 is 6.04. The number of rotatable bonds is 4. The van der Waals surface area contributed by atoms with Gasteiger partial charge in [0.05, 0.1) is 13.3 Å². The maximum absolute atomic E-state index is 10.9. The number of hydrogen-bond donors (Lipinski definition) is 1. The quantitative estimate of drug-likeness (QED) is 0.632. The van der Waals surface area contributed by atoms with E-state index in [2.05, 4.69) is 15.0 Å². The molecule has 0 aromatic carbocycles. The lowest BCUT2D eigenvalue weighted by molar-refractivity contribution is 0.0594. The fourth-order valence-electron chi connectivity index (χ4n) is 0.859. The Morgan fingerprint density at radius 3 is 3.15 bits per heavy atom. The van der Waals surface area contributed by atoms with Gasteiger partial charge < -0.3 is 10.5 Å². The van der Waals surface area contributed by atoms with Crippen LogP contribution in [0.3, 0.4) is 0 Å². The zero-order valence-electron chi connectivity index (χ0n) is 7.43. The van der Waals surface area contributed by atoms with Crippen LogP contribution >= 0.6 is 0 Å². The summed E-state index contributed by atoms with van der Waals surface area (Å²) in [6, 6.07) is 0. The number of carbonyl (C=O) groups excluding carboxylic acids is 1. The number of hydrogen-bond acceptors (Lipinski definition) is 5. The molecule has 2 N–H and O–H groups in total. The molecule has 1 heterocycles. The fraction of sp³-hybridized carbons (Fsp3) is 0.571. The highest BCUT2D eigenvalue weighted by molar-refractivity contribution is 5.86. The maximum Gasteiger partial charge on any atom is 0.360 e. The van der Waals surface area contributed by atoms with Gasteiger partial charge in [0.1, 0.15) is 0 Å². The minimum Gasteiger partial charge on any atom is -0.464 e. The minimum absolute atomic E-state index is 0.222. The van der Waals surface area contributed by atoms with Gasteiger partial charge in [-0.3, -0.25) is 4.68 Å². The molecule has 6 heteroatoms. The molecule has 72 valence electrons. The lowest BCUT2D eigenvalue weighted by Crippen LogP contribution is -2.06. The summed E-state index contributed by atoms with van der Waals surface area (Å²) in [6.07, 6.45) is 2.35. The smallest absolute Gasteiger partial charge is 0.360 e. The molecule has 6 nitrogen and oxygen atoms in total. The van der Waals surface area contributed by atoms with Crippen molar-refractivity contribution in [2.75, 3.05) is 13.7 Å². The molecular formula is C7H12N4O2. The van der Waals surface area contributed by atoms with Crippen molar-refractivity contribution < 1.29 is 9.53 Å². The Bertz CT molecular complexity index is 284. The SMILES string of the molecule is COC(=O)c1cn(CCCN)nn1. The number of nitrogens with two attached hydrogens (primary N) is 1. The predicted octanol–water partition coefficient (Wildman–Crippen LogP) is -0.587. The van der Waals surface area contributed by atoms with Gasteiger partial charge in [-0.1, -0.05) is 5.21 Å². The average molecular weight is 184 g/mol. The predicted molar refractivity (Wildman–Crippen MR) is 45.0 cm³/mol. The average Bonchev–Trinajstić information content (AvgIpc) is 2.62. The second kappa shape index (κ2) is 4.56. The molecule has 0 fully saturated rings. The van der Waals surface area contributed by atoms with Crippen LogP contribution in [0.1, 0.15) is 16.9 Å². The molecule has 0 unspecified atom stereocenters. The van der Waals surface area contributed by atoms with Crippen molar-refractivity contribution in [1.29, 1.82) is 0 Å². The van der Waals surface area contributed by atoms with E-state index in [1.54, 1.807) is 10.9 Å². The molecule has 0 aliphatic heterocycles. The van der Waals surface area contributed by atoms with Gasteiger partial charge in [-0.2, -0.15) is 0 Å².